The summed E-state index contributed by atoms with van der Waals surface area (Å²) in [6, 6.07) is 23.6. The predicted octanol–water partition coefficient (Wildman–Crippen LogP) is 7.67. The van der Waals surface area contributed by atoms with Gasteiger partial charge in [0.25, 0.3) is 0 Å². The molecule has 0 aliphatic rings. The van der Waals surface area contributed by atoms with E-state index in [4.69, 9.17) is 11.6 Å². The van der Waals surface area contributed by atoms with Gasteiger partial charge in [0, 0.05) is 30.8 Å². The highest BCUT2D eigenvalue weighted by molar-refractivity contribution is 7.26. The third-order valence-electron chi connectivity index (χ3n) is 4.61. The van der Waals surface area contributed by atoms with Crippen molar-refractivity contribution in [1.82, 2.24) is 0 Å². The van der Waals surface area contributed by atoms with Crippen molar-refractivity contribution in [3.8, 4) is 11.1 Å². The second kappa shape index (κ2) is 5.55. The zero-order chi connectivity index (χ0) is 17.0. The third kappa shape index (κ3) is 2.25. The largest absolute Gasteiger partial charge is 0.206 e. The third-order valence-corrected chi connectivity index (χ3v) is 6.05. The van der Waals surface area contributed by atoms with Gasteiger partial charge < -0.3 is 0 Å². The first kappa shape index (κ1) is 14.9. The Kier molecular flexibility index (Phi) is 3.30. The average Bonchev–Trinajstić information content (AvgIpc) is 3.01. The first-order chi connectivity index (χ1) is 12.2. The molecule has 0 radical (unpaired) electrons. The maximum atomic E-state index is 14.5. The molecule has 0 nitrogen and oxygen atoms in total. The topological polar surface area (TPSA) is 0 Å². The van der Waals surface area contributed by atoms with Gasteiger partial charge in [0.1, 0.15) is 5.82 Å². The number of hydrogen-bond acceptors (Lipinski definition) is 1. The van der Waals surface area contributed by atoms with E-state index in [1.165, 1.54) is 31.6 Å². The predicted molar refractivity (Wildman–Crippen MR) is 107 cm³/mol. The summed E-state index contributed by atoms with van der Waals surface area (Å²) in [6.07, 6.45) is 0. The monoisotopic (exact) mass is 362 g/mol. The highest BCUT2D eigenvalue weighted by atomic mass is 35.5. The summed E-state index contributed by atoms with van der Waals surface area (Å²) >= 11 is 7.68. The average molecular weight is 363 g/mol. The summed E-state index contributed by atoms with van der Waals surface area (Å²) in [7, 11) is 0. The minimum Gasteiger partial charge on any atom is -0.206 e. The van der Waals surface area contributed by atoms with Crippen molar-refractivity contribution >= 4 is 53.9 Å². The fourth-order valence-corrected chi connectivity index (χ4v) is 4.91. The fourth-order valence-electron chi connectivity index (χ4n) is 3.49. The molecule has 0 N–H and O–H groups in total. The van der Waals surface area contributed by atoms with Gasteiger partial charge in [-0.15, -0.1) is 11.3 Å². The fraction of sp³-hybridized carbons (Fsp3) is 0. The molecule has 1 heterocycles. The van der Waals surface area contributed by atoms with Gasteiger partial charge in [0.05, 0.1) is 0 Å². The van der Waals surface area contributed by atoms with Crippen molar-refractivity contribution in [2.75, 3.05) is 0 Å². The number of hydrogen-bond donors (Lipinski definition) is 0. The van der Waals surface area contributed by atoms with Crippen LogP contribution in [-0.4, -0.2) is 0 Å². The molecule has 0 atom stereocenters. The molecule has 0 fully saturated rings. The first-order valence-corrected chi connectivity index (χ1v) is 9.20. The van der Waals surface area contributed by atoms with Crippen molar-refractivity contribution in [2.24, 2.45) is 0 Å². The molecule has 1 aromatic heterocycles. The molecule has 0 unspecified atom stereocenters. The van der Waals surface area contributed by atoms with E-state index in [0.717, 1.165) is 10.9 Å². The normalized spacial score (nSPS) is 11.6. The second-order valence-corrected chi connectivity index (χ2v) is 7.56. The van der Waals surface area contributed by atoms with Crippen molar-refractivity contribution in [2.45, 2.75) is 0 Å². The van der Waals surface area contributed by atoms with Crippen molar-refractivity contribution in [1.29, 1.82) is 0 Å². The number of rotatable bonds is 1. The van der Waals surface area contributed by atoms with Crippen LogP contribution in [0.3, 0.4) is 0 Å². The Hall–Kier alpha value is -2.42. The quantitative estimate of drug-likeness (QED) is 0.287. The Morgan fingerprint density at radius 2 is 1.64 bits per heavy atom. The Bertz CT molecular complexity index is 1270. The van der Waals surface area contributed by atoms with Crippen LogP contribution in [0.5, 0.6) is 0 Å². The molecule has 0 aliphatic heterocycles. The first-order valence-electron chi connectivity index (χ1n) is 8.01. The molecule has 0 saturated heterocycles. The molecule has 0 spiro atoms. The van der Waals surface area contributed by atoms with Crippen molar-refractivity contribution < 1.29 is 4.39 Å². The molecule has 0 bridgehead atoms. The van der Waals surface area contributed by atoms with Gasteiger partial charge in [0.15, 0.2) is 0 Å². The van der Waals surface area contributed by atoms with Crippen LogP contribution in [0, 0.1) is 5.82 Å². The zero-order valence-electron chi connectivity index (χ0n) is 13.1. The number of thiophene rings is 1. The lowest BCUT2D eigenvalue weighted by Crippen LogP contribution is -1.85. The Morgan fingerprint density at radius 1 is 0.760 bits per heavy atom. The van der Waals surface area contributed by atoms with E-state index in [-0.39, 0.29) is 5.82 Å². The van der Waals surface area contributed by atoms with Gasteiger partial charge in [-0.1, -0.05) is 60.1 Å². The highest BCUT2D eigenvalue weighted by Gasteiger charge is 2.15. The van der Waals surface area contributed by atoms with Crippen LogP contribution in [0.4, 0.5) is 4.39 Å². The molecule has 0 amide bonds. The van der Waals surface area contributed by atoms with Gasteiger partial charge in [-0.3, -0.25) is 0 Å². The molecule has 3 heteroatoms. The van der Waals surface area contributed by atoms with Gasteiger partial charge >= 0.3 is 0 Å². The van der Waals surface area contributed by atoms with E-state index in [1.54, 1.807) is 23.5 Å². The summed E-state index contributed by atoms with van der Waals surface area (Å²) in [5.74, 6) is -0.292. The van der Waals surface area contributed by atoms with E-state index < -0.39 is 0 Å². The second-order valence-electron chi connectivity index (χ2n) is 6.07. The summed E-state index contributed by atoms with van der Waals surface area (Å²) < 4.78 is 17.0. The van der Waals surface area contributed by atoms with Crippen LogP contribution in [0.1, 0.15) is 0 Å². The minimum absolute atomic E-state index is 0.292. The zero-order valence-corrected chi connectivity index (χ0v) is 14.7. The van der Waals surface area contributed by atoms with E-state index in [9.17, 15) is 4.39 Å². The lowest BCUT2D eigenvalue weighted by Gasteiger charge is -2.07. The molecule has 5 rings (SSSR count). The van der Waals surface area contributed by atoms with E-state index >= 15 is 0 Å². The maximum Gasteiger partial charge on any atom is 0.132 e. The van der Waals surface area contributed by atoms with Crippen LogP contribution >= 0.6 is 22.9 Å². The lowest BCUT2D eigenvalue weighted by atomic mass is 9.98. The van der Waals surface area contributed by atoms with Crippen LogP contribution in [0.25, 0.3) is 42.1 Å². The van der Waals surface area contributed by atoms with E-state index in [2.05, 4.69) is 42.5 Å². The van der Waals surface area contributed by atoms with Gasteiger partial charge in [-0.05, 0) is 40.6 Å². The summed E-state index contributed by atoms with van der Waals surface area (Å²) in [6.45, 7) is 0. The standard InChI is InChI=1S/C22H12ClFS/c23-14-9-11-16(19(24)12-14)17-6-3-7-20-21(17)18-10-8-13-4-1-2-5-15(13)22(18)25-20/h1-12H. The van der Waals surface area contributed by atoms with Crippen LogP contribution in [0.15, 0.2) is 72.8 Å². The number of fused-ring (bicyclic) bond motifs is 5. The molecule has 5 aromatic rings. The van der Waals surface area contributed by atoms with Gasteiger partial charge in [-0.25, -0.2) is 4.39 Å². The highest BCUT2D eigenvalue weighted by Crippen LogP contribution is 2.43. The summed E-state index contributed by atoms with van der Waals surface area (Å²) in [5, 5.41) is 5.15. The summed E-state index contributed by atoms with van der Waals surface area (Å²) in [4.78, 5) is 0. The van der Waals surface area contributed by atoms with E-state index in [0.29, 0.717) is 10.6 Å². The minimum atomic E-state index is -0.292. The molecule has 4 aromatic carbocycles. The smallest absolute Gasteiger partial charge is 0.132 e. The summed E-state index contributed by atoms with van der Waals surface area (Å²) in [5.41, 5.74) is 1.50. The Balaban J connectivity index is 1.93. The van der Waals surface area contributed by atoms with Crippen LogP contribution in [-0.2, 0) is 0 Å². The van der Waals surface area contributed by atoms with Crippen molar-refractivity contribution in [3.63, 3.8) is 0 Å². The van der Waals surface area contributed by atoms with Gasteiger partial charge in [-0.2, -0.15) is 0 Å². The van der Waals surface area contributed by atoms with Crippen LogP contribution < -0.4 is 0 Å². The van der Waals surface area contributed by atoms with E-state index in [1.807, 2.05) is 12.1 Å². The molecule has 0 saturated carbocycles. The molecule has 25 heavy (non-hydrogen) atoms. The molecular formula is C22H12ClFS. The van der Waals surface area contributed by atoms with Crippen molar-refractivity contribution in [3.05, 3.63) is 83.6 Å². The van der Waals surface area contributed by atoms with Crippen LogP contribution in [0.2, 0.25) is 5.02 Å². The Labute approximate surface area is 153 Å². The SMILES string of the molecule is Fc1cc(Cl)ccc1-c1cccc2sc3c4ccccc4ccc3c12. The molecule has 0 aliphatic carbocycles. The lowest BCUT2D eigenvalue weighted by molar-refractivity contribution is 0.631. The number of halogens is 2. The maximum absolute atomic E-state index is 14.5. The Morgan fingerprint density at radius 3 is 2.52 bits per heavy atom. The van der Waals surface area contributed by atoms with Gasteiger partial charge in [0.2, 0.25) is 0 Å². The number of benzene rings is 4. The molecular weight excluding hydrogens is 351 g/mol. The molecule has 120 valence electrons.